The standard InChI is InChI=1S/C28H27N7O/c1-34-11-7-20(17-34)33-28(36)22-5-8-29-16-25(22)32-21-14-23(27-24(15-21)30-9-10-31-27)19-4-3-18-6-12-35(2)26(18)13-19/h3-6,8-10,12-16,20,32H,7,11,17H2,1-2H3,(H,33,36)/t20-/m0/s1. The molecule has 1 amide bonds. The number of nitrogens with zero attached hydrogens (tertiary/aromatic N) is 5. The molecule has 0 spiro atoms. The van der Waals surface area contributed by atoms with Crippen molar-refractivity contribution in [3.8, 4) is 11.1 Å². The van der Waals surface area contributed by atoms with E-state index in [0.29, 0.717) is 11.3 Å². The van der Waals surface area contributed by atoms with Gasteiger partial charge in [-0.15, -0.1) is 0 Å². The first-order valence-corrected chi connectivity index (χ1v) is 12.1. The number of likely N-dealkylation sites (N-methyl/N-ethyl adjacent to an activating group) is 1. The van der Waals surface area contributed by atoms with E-state index in [1.165, 1.54) is 5.39 Å². The Morgan fingerprint density at radius 2 is 1.92 bits per heavy atom. The molecule has 180 valence electrons. The Hall–Kier alpha value is -4.30. The van der Waals surface area contributed by atoms with Crippen molar-refractivity contribution in [2.24, 2.45) is 7.05 Å². The molecule has 2 N–H and O–H groups in total. The summed E-state index contributed by atoms with van der Waals surface area (Å²) in [4.78, 5) is 28.8. The first-order valence-electron chi connectivity index (χ1n) is 12.1. The summed E-state index contributed by atoms with van der Waals surface area (Å²) in [5.74, 6) is -0.102. The van der Waals surface area contributed by atoms with Crippen LogP contribution in [0.25, 0.3) is 33.1 Å². The van der Waals surface area contributed by atoms with Crippen LogP contribution in [0.4, 0.5) is 11.4 Å². The first-order chi connectivity index (χ1) is 17.5. The highest BCUT2D eigenvalue weighted by molar-refractivity contribution is 6.01. The quantitative estimate of drug-likeness (QED) is 0.391. The minimum Gasteiger partial charge on any atom is -0.354 e. The highest BCUT2D eigenvalue weighted by Gasteiger charge is 2.23. The summed E-state index contributed by atoms with van der Waals surface area (Å²) in [6.45, 7) is 1.85. The largest absolute Gasteiger partial charge is 0.354 e. The molecule has 1 saturated heterocycles. The monoisotopic (exact) mass is 477 g/mol. The molecule has 1 atom stereocenters. The number of carbonyl (C=O) groups is 1. The summed E-state index contributed by atoms with van der Waals surface area (Å²) in [6, 6.07) is 14.4. The van der Waals surface area contributed by atoms with Crippen LogP contribution in [0, 0.1) is 0 Å². The van der Waals surface area contributed by atoms with Crippen LogP contribution in [0.2, 0.25) is 0 Å². The zero-order valence-electron chi connectivity index (χ0n) is 20.3. The fourth-order valence-corrected chi connectivity index (χ4v) is 4.96. The van der Waals surface area contributed by atoms with Crippen molar-refractivity contribution in [2.75, 3.05) is 25.5 Å². The second kappa shape index (κ2) is 9.05. The van der Waals surface area contributed by atoms with E-state index in [-0.39, 0.29) is 11.9 Å². The van der Waals surface area contributed by atoms with Gasteiger partial charge in [-0.05, 0) is 61.3 Å². The lowest BCUT2D eigenvalue weighted by molar-refractivity contribution is 0.0939. The molecule has 1 aliphatic heterocycles. The van der Waals surface area contributed by atoms with Crippen LogP contribution >= 0.6 is 0 Å². The molecule has 0 unspecified atom stereocenters. The predicted molar refractivity (Wildman–Crippen MR) is 142 cm³/mol. The van der Waals surface area contributed by atoms with Crippen LogP contribution in [0.3, 0.4) is 0 Å². The third-order valence-electron chi connectivity index (χ3n) is 6.84. The van der Waals surface area contributed by atoms with Crippen molar-refractivity contribution in [2.45, 2.75) is 12.5 Å². The fourth-order valence-electron chi connectivity index (χ4n) is 4.96. The number of nitrogens with one attached hydrogen (secondary N) is 2. The molecular weight excluding hydrogens is 450 g/mol. The number of aromatic nitrogens is 4. The van der Waals surface area contributed by atoms with Crippen LogP contribution in [-0.2, 0) is 7.05 Å². The molecule has 1 aliphatic rings. The number of likely N-dealkylation sites (tertiary alicyclic amines) is 1. The molecule has 4 heterocycles. The Morgan fingerprint density at radius 1 is 1.03 bits per heavy atom. The summed E-state index contributed by atoms with van der Waals surface area (Å²) < 4.78 is 2.11. The Bertz CT molecular complexity index is 1590. The number of hydrogen-bond acceptors (Lipinski definition) is 6. The van der Waals surface area contributed by atoms with Crippen molar-refractivity contribution < 1.29 is 4.79 Å². The number of aryl methyl sites for hydroxylation is 1. The van der Waals surface area contributed by atoms with Crippen molar-refractivity contribution in [3.05, 3.63) is 79.0 Å². The molecule has 0 saturated carbocycles. The lowest BCUT2D eigenvalue weighted by atomic mass is 10.0. The van der Waals surface area contributed by atoms with Gasteiger partial charge in [0.25, 0.3) is 5.91 Å². The van der Waals surface area contributed by atoms with Gasteiger partial charge in [-0.25, -0.2) is 0 Å². The van der Waals surface area contributed by atoms with Gasteiger partial charge in [0.05, 0.1) is 28.5 Å². The average molecular weight is 478 g/mol. The SMILES string of the molecule is CN1CC[C@H](NC(=O)c2ccncc2Nc2cc(-c3ccc4ccn(C)c4c3)c3nccnc3c2)C1. The highest BCUT2D eigenvalue weighted by Crippen LogP contribution is 2.33. The fraction of sp³-hybridized carbons (Fsp3) is 0.214. The van der Waals surface area contributed by atoms with Crippen LogP contribution in [-0.4, -0.2) is 56.5 Å². The van der Waals surface area contributed by atoms with Gasteiger partial charge in [0.15, 0.2) is 0 Å². The van der Waals surface area contributed by atoms with Crippen molar-refractivity contribution >= 4 is 39.2 Å². The van der Waals surface area contributed by atoms with E-state index >= 15 is 0 Å². The number of benzene rings is 2. The lowest BCUT2D eigenvalue weighted by Crippen LogP contribution is -2.36. The number of amides is 1. The summed E-state index contributed by atoms with van der Waals surface area (Å²) in [5, 5.41) is 7.78. The highest BCUT2D eigenvalue weighted by atomic mass is 16.1. The molecule has 0 radical (unpaired) electrons. The maximum Gasteiger partial charge on any atom is 0.253 e. The first kappa shape index (κ1) is 22.2. The van der Waals surface area contributed by atoms with Gasteiger partial charge in [-0.2, -0.15) is 0 Å². The zero-order chi connectivity index (χ0) is 24.6. The Balaban J connectivity index is 1.38. The van der Waals surface area contributed by atoms with E-state index in [4.69, 9.17) is 0 Å². The maximum atomic E-state index is 13.1. The zero-order valence-corrected chi connectivity index (χ0v) is 20.3. The minimum atomic E-state index is -0.102. The Morgan fingerprint density at radius 3 is 2.78 bits per heavy atom. The second-order valence-electron chi connectivity index (χ2n) is 9.42. The molecule has 36 heavy (non-hydrogen) atoms. The molecule has 0 aliphatic carbocycles. The number of carbonyl (C=O) groups excluding carboxylic acids is 1. The molecule has 3 aromatic heterocycles. The molecule has 8 heteroatoms. The molecule has 8 nitrogen and oxygen atoms in total. The third-order valence-corrected chi connectivity index (χ3v) is 6.84. The molecule has 0 bridgehead atoms. The van der Waals surface area contributed by atoms with Gasteiger partial charge in [0.2, 0.25) is 0 Å². The third kappa shape index (κ3) is 4.16. The van der Waals surface area contributed by atoms with Crippen molar-refractivity contribution in [1.82, 2.24) is 29.7 Å². The van der Waals surface area contributed by atoms with Gasteiger partial charge < -0.3 is 20.1 Å². The van der Waals surface area contributed by atoms with Gasteiger partial charge >= 0.3 is 0 Å². The maximum absolute atomic E-state index is 13.1. The molecule has 1 fully saturated rings. The molecule has 2 aromatic carbocycles. The average Bonchev–Trinajstić information content (AvgIpc) is 3.48. The van der Waals surface area contributed by atoms with Crippen LogP contribution in [0.5, 0.6) is 0 Å². The van der Waals surface area contributed by atoms with Crippen LogP contribution < -0.4 is 10.6 Å². The summed E-state index contributed by atoms with van der Waals surface area (Å²) in [5.41, 5.74) is 6.78. The predicted octanol–water partition coefficient (Wildman–Crippen LogP) is 4.36. The number of pyridine rings is 1. The van der Waals surface area contributed by atoms with E-state index in [9.17, 15) is 4.79 Å². The van der Waals surface area contributed by atoms with E-state index in [2.05, 4.69) is 78.6 Å². The smallest absolute Gasteiger partial charge is 0.253 e. The molecule has 5 aromatic rings. The van der Waals surface area contributed by atoms with Crippen LogP contribution in [0.1, 0.15) is 16.8 Å². The summed E-state index contributed by atoms with van der Waals surface area (Å²) in [6.07, 6.45) is 9.75. The van der Waals surface area contributed by atoms with Gasteiger partial charge in [0.1, 0.15) is 0 Å². The molecule has 6 rings (SSSR count). The van der Waals surface area contributed by atoms with Gasteiger partial charge in [-0.3, -0.25) is 19.7 Å². The van der Waals surface area contributed by atoms with Gasteiger partial charge in [0, 0.05) is 61.2 Å². The Labute approximate surface area is 209 Å². The van der Waals surface area contributed by atoms with Gasteiger partial charge in [-0.1, -0.05) is 12.1 Å². The topological polar surface area (TPSA) is 88.0 Å². The van der Waals surface area contributed by atoms with E-state index in [1.54, 1.807) is 30.9 Å². The number of hydrogen-bond donors (Lipinski definition) is 2. The lowest BCUT2D eigenvalue weighted by Gasteiger charge is -2.16. The van der Waals surface area contributed by atoms with E-state index in [1.807, 2.05) is 13.1 Å². The molecular formula is C28H27N7O. The van der Waals surface area contributed by atoms with Crippen LogP contribution in [0.15, 0.2) is 73.4 Å². The number of rotatable bonds is 5. The van der Waals surface area contributed by atoms with E-state index in [0.717, 1.165) is 52.9 Å². The second-order valence-corrected chi connectivity index (χ2v) is 9.42. The Kier molecular flexibility index (Phi) is 5.58. The summed E-state index contributed by atoms with van der Waals surface area (Å²) >= 11 is 0. The minimum absolute atomic E-state index is 0.102. The van der Waals surface area contributed by atoms with Crippen molar-refractivity contribution in [1.29, 1.82) is 0 Å². The van der Waals surface area contributed by atoms with Crippen molar-refractivity contribution in [3.63, 3.8) is 0 Å². The normalized spacial score (nSPS) is 16.0. The summed E-state index contributed by atoms with van der Waals surface area (Å²) in [7, 11) is 4.11. The number of fused-ring (bicyclic) bond motifs is 2. The number of anilines is 2. The van der Waals surface area contributed by atoms with E-state index < -0.39 is 0 Å².